The lowest BCUT2D eigenvalue weighted by Gasteiger charge is -2.39. The Morgan fingerprint density at radius 1 is 1.21 bits per heavy atom. The van der Waals surface area contributed by atoms with Crippen molar-refractivity contribution in [1.82, 2.24) is 15.1 Å². The second kappa shape index (κ2) is 10.5. The maximum atomic E-state index is 12.9. The van der Waals surface area contributed by atoms with Crippen LogP contribution < -0.4 is 10.1 Å². The highest BCUT2D eigenvalue weighted by Crippen LogP contribution is 2.25. The second-order valence-electron chi connectivity index (χ2n) is 6.63. The number of guanidine groups is 1. The molecule has 158 valence electrons. The zero-order chi connectivity index (χ0) is 20.6. The van der Waals surface area contributed by atoms with Crippen LogP contribution in [0.4, 0.5) is 13.2 Å². The van der Waals surface area contributed by atoms with E-state index in [1.54, 1.807) is 14.2 Å². The SMILES string of the molecule is CN=C(NCc1cccc(OCCOC)c1)N1CCN(C(C)C(F)(F)F)CC1. The molecule has 0 aliphatic carbocycles. The van der Waals surface area contributed by atoms with Gasteiger partial charge in [-0.2, -0.15) is 13.2 Å². The molecule has 28 heavy (non-hydrogen) atoms. The number of alkyl halides is 3. The molecule has 0 spiro atoms. The average molecular weight is 402 g/mol. The molecule has 1 aliphatic rings. The summed E-state index contributed by atoms with van der Waals surface area (Å²) in [5, 5.41) is 3.28. The molecule has 1 atom stereocenters. The summed E-state index contributed by atoms with van der Waals surface area (Å²) >= 11 is 0. The molecule has 1 fully saturated rings. The molecule has 6 nitrogen and oxygen atoms in total. The van der Waals surface area contributed by atoms with Gasteiger partial charge in [0.05, 0.1) is 6.61 Å². The zero-order valence-electron chi connectivity index (χ0n) is 16.6. The fourth-order valence-corrected chi connectivity index (χ4v) is 3.03. The molecule has 1 saturated heterocycles. The van der Waals surface area contributed by atoms with Crippen molar-refractivity contribution in [3.8, 4) is 5.75 Å². The summed E-state index contributed by atoms with van der Waals surface area (Å²) in [6, 6.07) is 6.30. The lowest BCUT2D eigenvalue weighted by Crippen LogP contribution is -2.56. The van der Waals surface area contributed by atoms with Crippen LogP contribution in [-0.2, 0) is 11.3 Å². The number of piperazine rings is 1. The summed E-state index contributed by atoms with van der Waals surface area (Å²) in [4.78, 5) is 7.72. The van der Waals surface area contributed by atoms with Crippen LogP contribution in [0.15, 0.2) is 29.3 Å². The first-order valence-electron chi connectivity index (χ1n) is 9.32. The highest BCUT2D eigenvalue weighted by molar-refractivity contribution is 5.80. The Hall–Kier alpha value is -2.00. The van der Waals surface area contributed by atoms with E-state index in [-0.39, 0.29) is 0 Å². The molecule has 2 rings (SSSR count). The summed E-state index contributed by atoms with van der Waals surface area (Å²) < 4.78 is 49.2. The van der Waals surface area contributed by atoms with Crippen LogP contribution >= 0.6 is 0 Å². The van der Waals surface area contributed by atoms with Crippen LogP contribution in [-0.4, -0.2) is 81.5 Å². The van der Waals surface area contributed by atoms with Gasteiger partial charge in [-0.3, -0.25) is 9.89 Å². The number of hydrogen-bond donors (Lipinski definition) is 1. The Kier molecular flexibility index (Phi) is 8.37. The van der Waals surface area contributed by atoms with Crippen LogP contribution in [0, 0.1) is 0 Å². The van der Waals surface area contributed by atoms with E-state index in [0.717, 1.165) is 11.3 Å². The van der Waals surface area contributed by atoms with Crippen molar-refractivity contribution in [1.29, 1.82) is 0 Å². The first-order chi connectivity index (χ1) is 13.3. The van der Waals surface area contributed by atoms with Crippen LogP contribution in [0.5, 0.6) is 5.75 Å². The Morgan fingerprint density at radius 2 is 1.93 bits per heavy atom. The van der Waals surface area contributed by atoms with Gasteiger partial charge < -0.3 is 19.7 Å². The van der Waals surface area contributed by atoms with Crippen molar-refractivity contribution < 1.29 is 22.6 Å². The van der Waals surface area contributed by atoms with E-state index in [9.17, 15) is 13.2 Å². The first-order valence-corrected chi connectivity index (χ1v) is 9.32. The van der Waals surface area contributed by atoms with E-state index in [0.29, 0.717) is 51.9 Å². The van der Waals surface area contributed by atoms with Crippen molar-refractivity contribution in [3.05, 3.63) is 29.8 Å². The largest absolute Gasteiger partial charge is 0.491 e. The molecule has 0 saturated carbocycles. The van der Waals surface area contributed by atoms with Gasteiger partial charge in [-0.15, -0.1) is 0 Å². The molecule has 0 aromatic heterocycles. The molecule has 1 heterocycles. The maximum absolute atomic E-state index is 12.9. The van der Waals surface area contributed by atoms with E-state index >= 15 is 0 Å². The Labute approximate surface area is 164 Å². The summed E-state index contributed by atoms with van der Waals surface area (Å²) in [5.74, 6) is 1.45. The molecule has 1 aliphatic heterocycles. The van der Waals surface area contributed by atoms with Gasteiger partial charge in [-0.05, 0) is 24.6 Å². The van der Waals surface area contributed by atoms with Gasteiger partial charge in [0.25, 0.3) is 0 Å². The van der Waals surface area contributed by atoms with Gasteiger partial charge in [-0.25, -0.2) is 0 Å². The number of halogens is 3. The summed E-state index contributed by atoms with van der Waals surface area (Å²) in [6.45, 7) is 4.47. The van der Waals surface area contributed by atoms with E-state index in [2.05, 4.69) is 10.3 Å². The van der Waals surface area contributed by atoms with E-state index in [4.69, 9.17) is 9.47 Å². The number of nitrogens with one attached hydrogen (secondary N) is 1. The lowest BCUT2D eigenvalue weighted by molar-refractivity contribution is -0.181. The van der Waals surface area contributed by atoms with Crippen LogP contribution in [0.3, 0.4) is 0 Å². The molecule has 0 bridgehead atoms. The molecular formula is C19H29F3N4O2. The molecule has 1 aromatic rings. The third kappa shape index (κ3) is 6.56. The quantitative estimate of drug-likeness (QED) is 0.431. The van der Waals surface area contributed by atoms with Gasteiger partial charge in [-0.1, -0.05) is 12.1 Å². The standard InChI is InChI=1S/C19H29F3N4O2/c1-15(19(20,21)22)25-7-9-26(10-8-25)18(23-2)24-14-16-5-4-6-17(13-16)28-12-11-27-3/h4-6,13,15H,7-12,14H2,1-3H3,(H,23,24). The van der Waals surface area contributed by atoms with Gasteiger partial charge >= 0.3 is 6.18 Å². The van der Waals surface area contributed by atoms with Crippen LogP contribution in [0.2, 0.25) is 0 Å². The monoisotopic (exact) mass is 402 g/mol. The third-order valence-electron chi connectivity index (χ3n) is 4.75. The number of benzene rings is 1. The normalized spacial score (nSPS) is 17.5. The Morgan fingerprint density at radius 3 is 2.54 bits per heavy atom. The van der Waals surface area contributed by atoms with Crippen molar-refractivity contribution in [2.45, 2.75) is 25.7 Å². The van der Waals surface area contributed by atoms with Crippen molar-refractivity contribution in [2.75, 3.05) is 53.6 Å². The number of hydrogen-bond acceptors (Lipinski definition) is 4. The van der Waals surface area contributed by atoms with Gasteiger partial charge in [0.15, 0.2) is 5.96 Å². The smallest absolute Gasteiger partial charge is 0.403 e. The van der Waals surface area contributed by atoms with E-state index in [1.165, 1.54) is 11.8 Å². The topological polar surface area (TPSA) is 49.3 Å². The summed E-state index contributed by atoms with van der Waals surface area (Å²) in [5.41, 5.74) is 1.03. The molecule has 0 amide bonds. The Bertz CT molecular complexity index is 632. The molecule has 1 aromatic carbocycles. The first kappa shape index (κ1) is 22.3. The highest BCUT2D eigenvalue weighted by Gasteiger charge is 2.41. The van der Waals surface area contributed by atoms with Gasteiger partial charge in [0, 0.05) is 46.9 Å². The minimum atomic E-state index is -4.20. The highest BCUT2D eigenvalue weighted by atomic mass is 19.4. The average Bonchev–Trinajstić information content (AvgIpc) is 2.68. The summed E-state index contributed by atoms with van der Waals surface area (Å²) in [6.07, 6.45) is -4.20. The number of ether oxygens (including phenoxy) is 2. The minimum Gasteiger partial charge on any atom is -0.491 e. The fraction of sp³-hybridized carbons (Fsp3) is 0.632. The van der Waals surface area contributed by atoms with Gasteiger partial charge in [0.1, 0.15) is 18.4 Å². The number of aliphatic imine (C=N–C) groups is 1. The van der Waals surface area contributed by atoms with Crippen LogP contribution in [0.1, 0.15) is 12.5 Å². The molecule has 9 heteroatoms. The van der Waals surface area contributed by atoms with E-state index in [1.807, 2.05) is 29.2 Å². The molecule has 1 unspecified atom stereocenters. The lowest BCUT2D eigenvalue weighted by atomic mass is 10.2. The van der Waals surface area contributed by atoms with E-state index < -0.39 is 12.2 Å². The molecule has 1 N–H and O–H groups in total. The minimum absolute atomic E-state index is 0.351. The number of nitrogens with zero attached hydrogens (tertiary/aromatic N) is 3. The Balaban J connectivity index is 1.85. The number of methoxy groups -OCH3 is 1. The maximum Gasteiger partial charge on any atom is 0.403 e. The van der Waals surface area contributed by atoms with Crippen molar-refractivity contribution >= 4 is 5.96 Å². The molecule has 0 radical (unpaired) electrons. The summed E-state index contributed by atoms with van der Waals surface area (Å²) in [7, 11) is 3.30. The number of rotatable bonds is 7. The van der Waals surface area contributed by atoms with Crippen molar-refractivity contribution in [3.63, 3.8) is 0 Å². The van der Waals surface area contributed by atoms with Crippen molar-refractivity contribution in [2.24, 2.45) is 4.99 Å². The second-order valence-corrected chi connectivity index (χ2v) is 6.63. The fourth-order valence-electron chi connectivity index (χ4n) is 3.03. The van der Waals surface area contributed by atoms with Crippen LogP contribution in [0.25, 0.3) is 0 Å². The predicted octanol–water partition coefficient (Wildman–Crippen LogP) is 2.36. The zero-order valence-corrected chi connectivity index (χ0v) is 16.6. The third-order valence-corrected chi connectivity index (χ3v) is 4.75. The predicted molar refractivity (Wildman–Crippen MR) is 103 cm³/mol. The van der Waals surface area contributed by atoms with Gasteiger partial charge in [0.2, 0.25) is 0 Å². The molecular weight excluding hydrogens is 373 g/mol.